The van der Waals surface area contributed by atoms with Crippen LogP contribution in [0.5, 0.6) is 0 Å². The third-order valence-electron chi connectivity index (χ3n) is 9.61. The van der Waals surface area contributed by atoms with Crippen LogP contribution >= 0.6 is 48.8 Å². The fourth-order valence-corrected chi connectivity index (χ4v) is 9.06. The number of carboxylic acid groups (broad SMARTS) is 4. The van der Waals surface area contributed by atoms with Gasteiger partial charge >= 0.3 is 23.9 Å². The second kappa shape index (κ2) is 32.5. The molecule has 0 amide bonds. The van der Waals surface area contributed by atoms with E-state index in [0.717, 1.165) is 72.3 Å². The minimum absolute atomic E-state index is 0.0573. The highest BCUT2D eigenvalue weighted by molar-refractivity contribution is 8.00. The van der Waals surface area contributed by atoms with Gasteiger partial charge in [0, 0.05) is 31.8 Å². The molecule has 2 aromatic rings. The lowest BCUT2D eigenvalue weighted by molar-refractivity contribution is -0.137. The Bertz CT molecular complexity index is 1640. The average molecular weight is 921 g/mol. The number of aliphatic hydroxyl groups excluding tert-OH is 2. The van der Waals surface area contributed by atoms with Gasteiger partial charge < -0.3 is 35.4 Å². The Morgan fingerprint density at radius 1 is 0.557 bits per heavy atom. The number of carboxylic acids is 4. The van der Waals surface area contributed by atoms with Gasteiger partial charge in [0.2, 0.25) is 0 Å². The quantitative estimate of drug-likeness (QED) is 0.0570. The van der Waals surface area contributed by atoms with Crippen molar-refractivity contribution in [2.24, 2.45) is 0 Å². The van der Waals surface area contributed by atoms with Crippen LogP contribution in [0.25, 0.3) is 0 Å². The fourth-order valence-electron chi connectivity index (χ4n) is 6.28. The number of thioether (sulfide) groups is 2. The number of hydrogen-bond donors (Lipinski definition) is 8. The van der Waals surface area contributed by atoms with Crippen molar-refractivity contribution in [3.05, 3.63) is 96.1 Å². The Labute approximate surface area is 380 Å². The van der Waals surface area contributed by atoms with Crippen LogP contribution in [0.1, 0.15) is 101 Å². The van der Waals surface area contributed by atoms with Gasteiger partial charge in [0.25, 0.3) is 0 Å². The summed E-state index contributed by atoms with van der Waals surface area (Å²) in [6.45, 7) is 0. The zero-order valence-corrected chi connectivity index (χ0v) is 38.1. The van der Waals surface area contributed by atoms with E-state index in [-0.39, 0.29) is 48.4 Å². The van der Waals surface area contributed by atoms with Gasteiger partial charge in [-0.05, 0) is 112 Å². The van der Waals surface area contributed by atoms with E-state index in [1.807, 2.05) is 24.3 Å². The number of fused-ring (bicyclic) bond motifs is 1. The molecule has 6 atom stereocenters. The molecule has 3 aliphatic carbocycles. The van der Waals surface area contributed by atoms with E-state index in [1.165, 1.54) is 25.7 Å². The lowest BCUT2D eigenvalue weighted by Crippen LogP contribution is -2.24. The molecule has 15 heteroatoms. The third kappa shape index (κ3) is 27.5. The first kappa shape index (κ1) is 54.0. The second-order valence-electron chi connectivity index (χ2n) is 14.8. The van der Waals surface area contributed by atoms with E-state index in [1.54, 1.807) is 47.8 Å². The highest BCUT2D eigenvalue weighted by Crippen LogP contribution is 2.33. The molecule has 6 unspecified atom stereocenters. The largest absolute Gasteiger partial charge is 0.481 e. The van der Waals surface area contributed by atoms with Crippen molar-refractivity contribution in [1.29, 1.82) is 0 Å². The monoisotopic (exact) mass is 920 g/mol. The number of carbonyl (C=O) groups is 4. The summed E-state index contributed by atoms with van der Waals surface area (Å²) in [6.07, 6.45) is 26.7. The Kier molecular flexibility index (Phi) is 28.7. The molecule has 61 heavy (non-hydrogen) atoms. The van der Waals surface area contributed by atoms with Crippen LogP contribution in [0.15, 0.2) is 94.8 Å². The standard InChI is InChI=1S/C16H20O3S.C11H18O3S.C8H8O2S.C8H12O.C3H6O2S/c17-14-5-3-1-2-4-6-15(14)20-13-9-7-12(8-10-13)11-16(18)19;12-9-5-3-1-2-4-6-10(9)15-8-7-11(13)14;9-8(10)5-6-1-3-7(11)4-2-6;1-2-4-6-8-7(9-8)5-3-1;4-3(5)1-2-6/h1-2,7-10,14-15,17H,3-6,11H2,(H,18,19);1-2,9-10,12H,3-8H2,(H,13,14);1-4,11H,5H2,(H,9,10);1-2,7-8H,3-6H2;6H,1-2H2,(H,4,5)/b2*2-1+;;;. The summed E-state index contributed by atoms with van der Waals surface area (Å²) in [5, 5.41) is 54.0. The first-order valence-electron chi connectivity index (χ1n) is 20.9. The molecule has 0 spiro atoms. The molecule has 1 aliphatic heterocycles. The number of aliphatic hydroxyl groups is 2. The van der Waals surface area contributed by atoms with Crippen LogP contribution in [0.4, 0.5) is 0 Å². The molecular formula is C46H64O11S4. The third-order valence-corrected chi connectivity index (χ3v) is 12.9. The van der Waals surface area contributed by atoms with Gasteiger partial charge in [0.15, 0.2) is 0 Å². The van der Waals surface area contributed by atoms with Crippen molar-refractivity contribution in [3.8, 4) is 0 Å². The molecule has 1 fully saturated rings. The molecule has 1 saturated heterocycles. The zero-order chi connectivity index (χ0) is 44.8. The Hall–Kier alpha value is -3.18. The molecule has 0 bridgehead atoms. The van der Waals surface area contributed by atoms with Crippen molar-refractivity contribution in [3.63, 3.8) is 0 Å². The van der Waals surface area contributed by atoms with Gasteiger partial charge in [-0.2, -0.15) is 24.4 Å². The molecule has 2 aromatic carbocycles. The lowest BCUT2D eigenvalue weighted by Gasteiger charge is -2.23. The first-order chi connectivity index (χ1) is 29.3. The number of hydrogen-bond acceptors (Lipinski definition) is 11. The van der Waals surface area contributed by atoms with Crippen molar-refractivity contribution in [2.45, 2.75) is 147 Å². The van der Waals surface area contributed by atoms with Gasteiger partial charge in [-0.15, -0.1) is 24.4 Å². The highest BCUT2D eigenvalue weighted by atomic mass is 32.2. The van der Waals surface area contributed by atoms with Gasteiger partial charge in [-0.25, -0.2) is 0 Å². The molecule has 11 nitrogen and oxygen atoms in total. The van der Waals surface area contributed by atoms with Crippen molar-refractivity contribution >= 4 is 72.7 Å². The number of thiol groups is 2. The van der Waals surface area contributed by atoms with E-state index >= 15 is 0 Å². The van der Waals surface area contributed by atoms with Crippen LogP contribution in [0.2, 0.25) is 0 Å². The number of epoxide rings is 1. The van der Waals surface area contributed by atoms with Crippen LogP contribution in [0, 0.1) is 0 Å². The summed E-state index contributed by atoms with van der Waals surface area (Å²) in [7, 11) is 0. The number of rotatable bonds is 12. The molecule has 6 rings (SSSR count). The van der Waals surface area contributed by atoms with Crippen LogP contribution in [-0.2, 0) is 36.8 Å². The topological polar surface area (TPSA) is 202 Å². The van der Waals surface area contributed by atoms with Crippen LogP contribution in [0.3, 0.4) is 0 Å². The summed E-state index contributed by atoms with van der Waals surface area (Å²) < 4.78 is 5.40. The fraction of sp³-hybridized carbons (Fsp3) is 0.522. The Balaban J connectivity index is 0.000000277. The maximum atomic E-state index is 10.6. The summed E-state index contributed by atoms with van der Waals surface area (Å²) >= 11 is 11.0. The summed E-state index contributed by atoms with van der Waals surface area (Å²) in [5.41, 5.74) is 1.61. The summed E-state index contributed by atoms with van der Waals surface area (Å²) in [6, 6.07) is 14.7. The van der Waals surface area contributed by atoms with Crippen LogP contribution < -0.4 is 0 Å². The number of benzene rings is 2. The van der Waals surface area contributed by atoms with E-state index < -0.39 is 23.9 Å². The maximum absolute atomic E-state index is 10.6. The highest BCUT2D eigenvalue weighted by Gasteiger charge is 2.37. The number of allylic oxidation sites excluding steroid dienone is 6. The summed E-state index contributed by atoms with van der Waals surface area (Å²) in [4.78, 5) is 42.7. The van der Waals surface area contributed by atoms with Crippen LogP contribution in [-0.4, -0.2) is 101 Å². The van der Waals surface area contributed by atoms with E-state index in [9.17, 15) is 29.4 Å². The normalized spacial score (nSPS) is 23.8. The SMILES string of the molecule is C1=CCCC2OC2CC1.O=C(O)CCS.O=C(O)CCSC1CC/C=C/CCC1O.O=C(O)Cc1ccc(S)cc1.O=C(O)Cc1ccc(SC2CC/C=C/CCC2O)cc1. The molecule has 0 saturated carbocycles. The van der Waals surface area contributed by atoms with E-state index in [2.05, 4.69) is 61.7 Å². The number of aliphatic carboxylic acids is 4. The minimum atomic E-state index is -0.812. The molecular weight excluding hydrogens is 857 g/mol. The summed E-state index contributed by atoms with van der Waals surface area (Å²) in [5.74, 6) is -2.15. The predicted molar refractivity (Wildman–Crippen MR) is 251 cm³/mol. The molecule has 0 radical (unpaired) electrons. The number of ether oxygens (including phenoxy) is 1. The Morgan fingerprint density at radius 2 is 0.967 bits per heavy atom. The van der Waals surface area contributed by atoms with Crippen molar-refractivity contribution in [1.82, 2.24) is 0 Å². The smallest absolute Gasteiger partial charge is 0.307 e. The molecule has 1 heterocycles. The maximum Gasteiger partial charge on any atom is 0.307 e. The lowest BCUT2D eigenvalue weighted by atomic mass is 10.0. The van der Waals surface area contributed by atoms with E-state index in [0.29, 0.717) is 23.7 Å². The van der Waals surface area contributed by atoms with Crippen molar-refractivity contribution in [2.75, 3.05) is 11.5 Å². The second-order valence-corrected chi connectivity index (χ2v) is 18.4. The molecule has 338 valence electrons. The molecule has 6 N–H and O–H groups in total. The minimum Gasteiger partial charge on any atom is -0.481 e. The van der Waals surface area contributed by atoms with Gasteiger partial charge in [0.1, 0.15) is 0 Å². The van der Waals surface area contributed by atoms with E-state index in [4.69, 9.17) is 25.2 Å². The van der Waals surface area contributed by atoms with Gasteiger partial charge in [0.05, 0.1) is 50.1 Å². The van der Waals surface area contributed by atoms with Gasteiger partial charge in [-0.3, -0.25) is 19.2 Å². The molecule has 4 aliphatic rings. The predicted octanol–water partition coefficient (Wildman–Crippen LogP) is 9.20. The molecule has 0 aromatic heterocycles. The van der Waals surface area contributed by atoms with Gasteiger partial charge in [-0.1, -0.05) is 60.7 Å². The zero-order valence-electron chi connectivity index (χ0n) is 34.7. The first-order valence-corrected chi connectivity index (χ1v) is 23.9. The Morgan fingerprint density at radius 3 is 1.39 bits per heavy atom. The average Bonchev–Trinajstić information content (AvgIpc) is 3.92. The van der Waals surface area contributed by atoms with Crippen molar-refractivity contribution < 1.29 is 54.6 Å².